The third kappa shape index (κ3) is 5.18. The van der Waals surface area contributed by atoms with Gasteiger partial charge in [-0.3, -0.25) is 0 Å². The lowest BCUT2D eigenvalue weighted by Gasteiger charge is -2.34. The highest BCUT2D eigenvalue weighted by atomic mass is 16.6. The molecule has 2 bridgehead atoms. The minimum absolute atomic E-state index is 0.134. The lowest BCUT2D eigenvalue weighted by atomic mass is 9.83. The highest BCUT2D eigenvalue weighted by Crippen LogP contribution is 2.36. The second-order valence-corrected chi connectivity index (χ2v) is 6.85. The van der Waals surface area contributed by atoms with E-state index in [2.05, 4.69) is 17.6 Å². The summed E-state index contributed by atoms with van der Waals surface area (Å²) in [4.78, 5) is 29.9. The number of hydrogen-bond donors (Lipinski definition) is 4. The van der Waals surface area contributed by atoms with Crippen LogP contribution in [0.15, 0.2) is 0 Å². The summed E-state index contributed by atoms with van der Waals surface area (Å²) < 4.78 is 5.29. The zero-order valence-corrected chi connectivity index (χ0v) is 13.3. The highest BCUT2D eigenvalue weighted by molar-refractivity contribution is 6.27. The maximum absolute atomic E-state index is 11.7. The molecule has 0 saturated carbocycles. The van der Waals surface area contributed by atoms with Crippen LogP contribution in [0, 0.1) is 0 Å². The van der Waals surface area contributed by atoms with Crippen LogP contribution in [0.2, 0.25) is 0 Å². The van der Waals surface area contributed by atoms with E-state index in [-0.39, 0.29) is 11.6 Å². The summed E-state index contributed by atoms with van der Waals surface area (Å²) in [6, 6.07) is 0.981. The van der Waals surface area contributed by atoms with E-state index in [4.69, 9.17) is 24.5 Å². The number of carboxylic acid groups (broad SMARTS) is 2. The first-order valence-corrected chi connectivity index (χ1v) is 7.16. The molecule has 2 rings (SSSR count). The van der Waals surface area contributed by atoms with Crippen molar-refractivity contribution < 1.29 is 29.3 Å². The zero-order chi connectivity index (χ0) is 17.1. The minimum Gasteiger partial charge on any atom is -0.473 e. The van der Waals surface area contributed by atoms with Gasteiger partial charge in [0.05, 0.1) is 5.54 Å². The normalized spacial score (nSPS) is 29.3. The summed E-state index contributed by atoms with van der Waals surface area (Å²) in [7, 11) is 0. The number of aliphatic carboxylic acids is 2. The average Bonchev–Trinajstić information content (AvgIpc) is 2.85. The summed E-state index contributed by atoms with van der Waals surface area (Å²) in [5.74, 6) is -3.65. The smallest absolute Gasteiger partial charge is 0.414 e. The van der Waals surface area contributed by atoms with Crippen LogP contribution in [0.25, 0.3) is 0 Å². The zero-order valence-electron chi connectivity index (χ0n) is 13.3. The van der Waals surface area contributed by atoms with Crippen LogP contribution in [0.5, 0.6) is 0 Å². The fourth-order valence-electron chi connectivity index (χ4n) is 2.81. The molecule has 1 amide bonds. The third-order valence-electron chi connectivity index (χ3n) is 3.65. The monoisotopic (exact) mass is 316 g/mol. The molecular formula is C14H24N2O6. The Hall–Kier alpha value is -1.83. The molecule has 22 heavy (non-hydrogen) atoms. The van der Waals surface area contributed by atoms with Gasteiger partial charge in [-0.1, -0.05) is 0 Å². The Bertz CT molecular complexity index is 447. The van der Waals surface area contributed by atoms with Crippen molar-refractivity contribution >= 4 is 18.0 Å². The van der Waals surface area contributed by atoms with E-state index in [0.717, 1.165) is 12.8 Å². The van der Waals surface area contributed by atoms with Crippen molar-refractivity contribution in [3.05, 3.63) is 0 Å². The van der Waals surface area contributed by atoms with Crippen molar-refractivity contribution in [3.63, 3.8) is 0 Å². The van der Waals surface area contributed by atoms with Gasteiger partial charge < -0.3 is 25.6 Å². The van der Waals surface area contributed by atoms with Crippen molar-refractivity contribution in [1.82, 2.24) is 10.6 Å². The quantitative estimate of drug-likeness (QED) is 0.531. The maximum atomic E-state index is 11.7. The largest absolute Gasteiger partial charge is 0.473 e. The lowest BCUT2D eigenvalue weighted by molar-refractivity contribution is -0.159. The number of hydrogen-bond acceptors (Lipinski definition) is 5. The van der Waals surface area contributed by atoms with E-state index in [1.165, 1.54) is 6.42 Å². The Morgan fingerprint density at radius 2 is 1.73 bits per heavy atom. The lowest BCUT2D eigenvalue weighted by Crippen LogP contribution is -2.54. The predicted octanol–water partition coefficient (Wildman–Crippen LogP) is 0.950. The van der Waals surface area contributed by atoms with Gasteiger partial charge in [0.25, 0.3) is 0 Å². The molecule has 2 saturated heterocycles. The van der Waals surface area contributed by atoms with Gasteiger partial charge in [0, 0.05) is 12.1 Å². The number of amides is 1. The highest BCUT2D eigenvalue weighted by Gasteiger charge is 2.49. The average molecular weight is 316 g/mol. The van der Waals surface area contributed by atoms with Gasteiger partial charge in [-0.2, -0.15) is 0 Å². The summed E-state index contributed by atoms with van der Waals surface area (Å²) in [6.07, 6.45) is 3.09. The number of fused-ring (bicyclic) bond motifs is 2. The van der Waals surface area contributed by atoms with Gasteiger partial charge in [0.1, 0.15) is 5.60 Å². The molecule has 0 unspecified atom stereocenters. The van der Waals surface area contributed by atoms with E-state index in [0.29, 0.717) is 12.1 Å². The Balaban J connectivity index is 0.000000346. The molecule has 2 aliphatic heterocycles. The van der Waals surface area contributed by atoms with Crippen molar-refractivity contribution in [2.24, 2.45) is 0 Å². The number of nitrogens with one attached hydrogen (secondary N) is 2. The Kier molecular flexibility index (Phi) is 5.39. The van der Waals surface area contributed by atoms with Crippen molar-refractivity contribution in [3.8, 4) is 0 Å². The summed E-state index contributed by atoms with van der Waals surface area (Å²) in [5.41, 5.74) is -0.559. The van der Waals surface area contributed by atoms with Crippen LogP contribution in [0.4, 0.5) is 4.79 Å². The molecule has 3 atom stereocenters. The molecule has 0 aromatic heterocycles. The summed E-state index contributed by atoms with van der Waals surface area (Å²) in [6.45, 7) is 7.75. The van der Waals surface area contributed by atoms with Crippen molar-refractivity contribution in [2.75, 3.05) is 0 Å². The first-order chi connectivity index (χ1) is 9.93. The number of carboxylic acids is 2. The number of carbonyl (C=O) groups is 3. The summed E-state index contributed by atoms with van der Waals surface area (Å²) in [5, 5.41) is 21.3. The molecular weight excluding hydrogens is 292 g/mol. The SMILES string of the molecule is CC(C)(C)OC(=O)N[C@@]1(C)C[C@@H]2CC[C@H]1N2.O=C(O)C(=O)O. The Morgan fingerprint density at radius 1 is 1.18 bits per heavy atom. The Morgan fingerprint density at radius 3 is 2.05 bits per heavy atom. The molecule has 0 spiro atoms. The van der Waals surface area contributed by atoms with E-state index < -0.39 is 17.5 Å². The Labute approximate surface area is 129 Å². The van der Waals surface area contributed by atoms with Gasteiger partial charge in [-0.25, -0.2) is 14.4 Å². The van der Waals surface area contributed by atoms with Crippen LogP contribution in [-0.4, -0.2) is 51.5 Å². The predicted molar refractivity (Wildman–Crippen MR) is 77.6 cm³/mol. The topological polar surface area (TPSA) is 125 Å². The molecule has 4 N–H and O–H groups in total. The van der Waals surface area contributed by atoms with E-state index >= 15 is 0 Å². The molecule has 2 fully saturated rings. The standard InChI is InChI=1S/C12H22N2O2.C2H2O4/c1-11(2,3)16-10(15)14-12(4)7-8-5-6-9(12)13-8;3-1(4)2(5)6/h8-9,13H,5-7H2,1-4H3,(H,14,15);(H,3,4)(H,5,6)/t8-,9+,12-;/m0./s1. The molecule has 0 aliphatic carbocycles. The fraction of sp³-hybridized carbons (Fsp3) is 0.786. The van der Waals surface area contributed by atoms with Crippen molar-refractivity contribution in [1.29, 1.82) is 0 Å². The number of ether oxygens (including phenoxy) is 1. The number of rotatable bonds is 1. The van der Waals surface area contributed by atoms with E-state index in [1.807, 2.05) is 20.8 Å². The fourth-order valence-corrected chi connectivity index (χ4v) is 2.81. The summed E-state index contributed by atoms with van der Waals surface area (Å²) >= 11 is 0. The molecule has 0 aromatic carbocycles. The number of carbonyl (C=O) groups excluding carboxylic acids is 1. The van der Waals surface area contributed by atoms with Gasteiger partial charge in [-0.05, 0) is 47.0 Å². The molecule has 0 radical (unpaired) electrons. The second-order valence-electron chi connectivity index (χ2n) is 6.85. The maximum Gasteiger partial charge on any atom is 0.414 e. The van der Waals surface area contributed by atoms with Gasteiger partial charge in [0.2, 0.25) is 0 Å². The van der Waals surface area contributed by atoms with E-state index in [1.54, 1.807) is 0 Å². The van der Waals surface area contributed by atoms with Gasteiger partial charge >= 0.3 is 18.0 Å². The van der Waals surface area contributed by atoms with Crippen LogP contribution < -0.4 is 10.6 Å². The number of alkyl carbamates (subject to hydrolysis) is 1. The van der Waals surface area contributed by atoms with Crippen LogP contribution in [0.1, 0.15) is 47.0 Å². The van der Waals surface area contributed by atoms with Gasteiger partial charge in [-0.15, -0.1) is 0 Å². The van der Waals surface area contributed by atoms with Crippen LogP contribution in [-0.2, 0) is 14.3 Å². The third-order valence-corrected chi connectivity index (χ3v) is 3.65. The molecule has 8 heteroatoms. The van der Waals surface area contributed by atoms with Crippen LogP contribution in [0.3, 0.4) is 0 Å². The van der Waals surface area contributed by atoms with Crippen molar-refractivity contribution in [2.45, 2.75) is 70.2 Å². The first-order valence-electron chi connectivity index (χ1n) is 7.16. The van der Waals surface area contributed by atoms with Crippen LogP contribution >= 0.6 is 0 Å². The van der Waals surface area contributed by atoms with Gasteiger partial charge in [0.15, 0.2) is 0 Å². The second kappa shape index (κ2) is 6.51. The molecule has 126 valence electrons. The van der Waals surface area contributed by atoms with E-state index in [9.17, 15) is 4.79 Å². The minimum atomic E-state index is -1.82. The molecule has 0 aromatic rings. The molecule has 8 nitrogen and oxygen atoms in total. The molecule has 2 aliphatic rings. The first kappa shape index (κ1) is 18.2. The molecule has 2 heterocycles.